The highest BCUT2D eigenvalue weighted by atomic mass is 35.5. The zero-order chi connectivity index (χ0) is 14.6. The summed E-state index contributed by atoms with van der Waals surface area (Å²) < 4.78 is 28.1. The van der Waals surface area contributed by atoms with E-state index < -0.39 is 10.0 Å². The molecule has 0 unspecified atom stereocenters. The molecule has 20 heavy (non-hydrogen) atoms. The first-order valence-electron chi connectivity index (χ1n) is 6.12. The van der Waals surface area contributed by atoms with Gasteiger partial charge in [0.15, 0.2) is 0 Å². The molecule has 2 N–H and O–H groups in total. The Labute approximate surface area is 123 Å². The molecule has 0 saturated heterocycles. The van der Waals surface area contributed by atoms with E-state index >= 15 is 0 Å². The molecule has 0 atom stereocenters. The maximum atomic E-state index is 12.2. The van der Waals surface area contributed by atoms with Crippen LogP contribution >= 0.6 is 11.6 Å². The Hall–Kier alpha value is -1.56. The Morgan fingerprint density at radius 3 is 2.35 bits per heavy atom. The van der Waals surface area contributed by atoms with E-state index in [-0.39, 0.29) is 10.6 Å². The van der Waals surface area contributed by atoms with Crippen LogP contribution in [-0.2, 0) is 16.6 Å². The Kier molecular flexibility index (Phi) is 4.65. The number of quaternary nitrogens is 1. The first-order chi connectivity index (χ1) is 9.53. The summed E-state index contributed by atoms with van der Waals surface area (Å²) in [5, 5.41) is 2.32. The molecule has 2 aromatic rings. The summed E-state index contributed by atoms with van der Waals surface area (Å²) in [4.78, 5) is 0.164. The molecule has 0 aliphatic heterocycles. The lowest BCUT2D eigenvalue weighted by Gasteiger charge is -2.23. The largest absolute Gasteiger partial charge is 0.572 e. The van der Waals surface area contributed by atoms with Crippen LogP contribution in [0.4, 0.5) is 5.69 Å². The predicted octanol–water partition coefficient (Wildman–Crippen LogP) is 2.43. The molecule has 0 amide bonds. The standard InChI is InChI=1S/C14H14ClN2O2S/c1-16-10-11-6-8-12(9-7-11)20(18,19)17-14-5-3-2-4-13(14)15/h2-9,16H,10H2,1H3/q-1/p+1. The van der Waals surface area contributed by atoms with Gasteiger partial charge in [0, 0.05) is 10.6 Å². The van der Waals surface area contributed by atoms with E-state index in [1.165, 1.54) is 0 Å². The van der Waals surface area contributed by atoms with Crippen LogP contribution in [0.3, 0.4) is 0 Å². The van der Waals surface area contributed by atoms with E-state index in [4.69, 9.17) is 11.6 Å². The van der Waals surface area contributed by atoms with Gasteiger partial charge in [-0.3, -0.25) is 0 Å². The molecule has 6 heteroatoms. The lowest BCUT2D eigenvalue weighted by molar-refractivity contribution is -0.643. The van der Waals surface area contributed by atoms with Crippen molar-refractivity contribution in [2.24, 2.45) is 0 Å². The van der Waals surface area contributed by atoms with Gasteiger partial charge in [-0.2, -0.15) is 0 Å². The van der Waals surface area contributed by atoms with Crippen LogP contribution in [0, 0.1) is 0 Å². The monoisotopic (exact) mass is 310 g/mol. The Morgan fingerprint density at radius 2 is 1.75 bits per heavy atom. The molecule has 106 valence electrons. The Bertz CT molecular complexity index is 685. The highest BCUT2D eigenvalue weighted by molar-refractivity contribution is 7.94. The summed E-state index contributed by atoms with van der Waals surface area (Å²) in [6.45, 7) is 0.808. The number of benzene rings is 2. The Balaban J connectivity index is 2.24. The fourth-order valence-electron chi connectivity index (χ4n) is 1.74. The van der Waals surface area contributed by atoms with Crippen LogP contribution in [0.25, 0.3) is 4.72 Å². The van der Waals surface area contributed by atoms with E-state index in [0.29, 0.717) is 5.02 Å². The number of rotatable bonds is 5. The van der Waals surface area contributed by atoms with Gasteiger partial charge in [-0.1, -0.05) is 41.9 Å². The number of sulfonamides is 1. The van der Waals surface area contributed by atoms with Crippen LogP contribution in [0.2, 0.25) is 5.02 Å². The van der Waals surface area contributed by atoms with Gasteiger partial charge < -0.3 is 10.0 Å². The smallest absolute Gasteiger partial charge is 0.123 e. The van der Waals surface area contributed by atoms with Gasteiger partial charge in [0.25, 0.3) is 0 Å². The SMILES string of the molecule is C[NH2+]Cc1ccc(S(=O)(=O)[N-]c2ccccc2Cl)cc1. The molecule has 0 fully saturated rings. The maximum absolute atomic E-state index is 12.2. The van der Waals surface area contributed by atoms with Gasteiger partial charge in [-0.25, -0.2) is 8.42 Å². The van der Waals surface area contributed by atoms with Crippen LogP contribution in [-0.4, -0.2) is 15.5 Å². The molecule has 0 spiro atoms. The number of hydrogen-bond acceptors (Lipinski definition) is 2. The normalized spacial score (nSPS) is 11.3. The van der Waals surface area contributed by atoms with E-state index in [2.05, 4.69) is 4.72 Å². The molecular weight excluding hydrogens is 296 g/mol. The van der Waals surface area contributed by atoms with Gasteiger partial charge in [0.2, 0.25) is 0 Å². The van der Waals surface area contributed by atoms with Crippen molar-refractivity contribution >= 4 is 27.3 Å². The highest BCUT2D eigenvalue weighted by Gasteiger charge is 2.06. The van der Waals surface area contributed by atoms with E-state index in [1.54, 1.807) is 48.5 Å². The minimum Gasteiger partial charge on any atom is -0.572 e. The van der Waals surface area contributed by atoms with Crippen LogP contribution < -0.4 is 5.32 Å². The van der Waals surface area contributed by atoms with Crippen molar-refractivity contribution < 1.29 is 13.7 Å². The van der Waals surface area contributed by atoms with E-state index in [9.17, 15) is 8.42 Å². The third kappa shape index (κ3) is 3.50. The molecule has 0 radical (unpaired) electrons. The third-order valence-corrected chi connectivity index (χ3v) is 4.36. The summed E-state index contributed by atoms with van der Waals surface area (Å²) in [5.74, 6) is 0. The molecule has 0 aliphatic carbocycles. The molecule has 0 bridgehead atoms. The van der Waals surface area contributed by atoms with Crippen LogP contribution in [0.15, 0.2) is 53.4 Å². The van der Waals surface area contributed by atoms with Crippen molar-refractivity contribution in [2.75, 3.05) is 7.05 Å². The lowest BCUT2D eigenvalue weighted by Crippen LogP contribution is -2.77. The molecule has 4 nitrogen and oxygen atoms in total. The minimum atomic E-state index is -3.74. The molecule has 2 aromatic carbocycles. The van der Waals surface area contributed by atoms with Gasteiger partial charge in [0.05, 0.1) is 11.9 Å². The molecule has 2 rings (SSSR count). The number of hydrogen-bond donors (Lipinski definition) is 1. The molecule has 0 saturated carbocycles. The Morgan fingerprint density at radius 1 is 1.10 bits per heavy atom. The van der Waals surface area contributed by atoms with Crippen molar-refractivity contribution in [3.8, 4) is 0 Å². The molecule has 0 heterocycles. The summed E-state index contributed by atoms with van der Waals surface area (Å²) >= 11 is 5.92. The molecule has 0 aromatic heterocycles. The average Bonchev–Trinajstić information content (AvgIpc) is 2.42. The zero-order valence-electron chi connectivity index (χ0n) is 11.0. The highest BCUT2D eigenvalue weighted by Crippen LogP contribution is 2.33. The van der Waals surface area contributed by atoms with Gasteiger partial charge in [0.1, 0.15) is 16.6 Å². The second-order valence-corrected chi connectivity index (χ2v) is 6.29. The zero-order valence-corrected chi connectivity index (χ0v) is 12.5. The van der Waals surface area contributed by atoms with Crippen molar-refractivity contribution in [1.29, 1.82) is 0 Å². The van der Waals surface area contributed by atoms with Gasteiger partial charge in [-0.15, -0.1) is 5.69 Å². The first-order valence-corrected chi connectivity index (χ1v) is 7.94. The first kappa shape index (κ1) is 14.8. The fourth-order valence-corrected chi connectivity index (χ4v) is 2.97. The van der Waals surface area contributed by atoms with Crippen LogP contribution in [0.1, 0.15) is 5.56 Å². The molecule has 0 aliphatic rings. The average molecular weight is 311 g/mol. The summed E-state index contributed by atoms with van der Waals surface area (Å²) in [7, 11) is -1.78. The predicted molar refractivity (Wildman–Crippen MR) is 79.7 cm³/mol. The maximum Gasteiger partial charge on any atom is 0.123 e. The second kappa shape index (κ2) is 6.26. The summed E-state index contributed by atoms with van der Waals surface area (Å²) in [6.07, 6.45) is 0. The van der Waals surface area contributed by atoms with Crippen molar-refractivity contribution in [3.05, 3.63) is 63.8 Å². The third-order valence-electron chi connectivity index (χ3n) is 2.73. The van der Waals surface area contributed by atoms with E-state index in [1.807, 2.05) is 12.4 Å². The number of halogens is 1. The quantitative estimate of drug-likeness (QED) is 0.921. The number of nitrogens with zero attached hydrogens (tertiary/aromatic N) is 1. The van der Waals surface area contributed by atoms with Crippen molar-refractivity contribution in [2.45, 2.75) is 11.4 Å². The van der Waals surface area contributed by atoms with Crippen molar-refractivity contribution in [1.82, 2.24) is 0 Å². The minimum absolute atomic E-state index is 0.164. The van der Waals surface area contributed by atoms with Gasteiger partial charge in [-0.05, 0) is 18.2 Å². The number of nitrogens with two attached hydrogens (primary N) is 1. The van der Waals surface area contributed by atoms with Crippen molar-refractivity contribution in [3.63, 3.8) is 0 Å². The van der Waals surface area contributed by atoms with E-state index in [0.717, 1.165) is 12.1 Å². The van der Waals surface area contributed by atoms with Crippen LogP contribution in [0.5, 0.6) is 0 Å². The topological polar surface area (TPSA) is 64.8 Å². The molecular formula is C14H15ClN2O2S. The fraction of sp³-hybridized carbons (Fsp3) is 0.143. The van der Waals surface area contributed by atoms with Gasteiger partial charge >= 0.3 is 0 Å². The summed E-state index contributed by atoms with van der Waals surface area (Å²) in [6, 6.07) is 13.3. The summed E-state index contributed by atoms with van der Waals surface area (Å²) in [5.41, 5.74) is 1.31. The second-order valence-electron chi connectivity index (χ2n) is 4.27. The lowest BCUT2D eigenvalue weighted by atomic mass is 10.2.